The maximum atomic E-state index is 14.4. The summed E-state index contributed by atoms with van der Waals surface area (Å²) >= 11 is 6.43. The normalized spacial score (nSPS) is 18.4. The van der Waals surface area contributed by atoms with Crippen LogP contribution in [0.5, 0.6) is 0 Å². The van der Waals surface area contributed by atoms with Crippen molar-refractivity contribution >= 4 is 23.1 Å². The molecule has 32 heavy (non-hydrogen) atoms. The predicted octanol–water partition coefficient (Wildman–Crippen LogP) is 6.22. The predicted molar refractivity (Wildman–Crippen MR) is 127 cm³/mol. The Morgan fingerprint density at radius 3 is 2.59 bits per heavy atom. The Balaban J connectivity index is 1.50. The minimum Gasteiger partial charge on any atom is -0.379 e. The number of nitrogens with zero attached hydrogens (tertiary/aromatic N) is 1. The highest BCUT2D eigenvalue weighted by molar-refractivity contribution is 6.33. The summed E-state index contributed by atoms with van der Waals surface area (Å²) in [5, 5.41) is 7.05. The van der Waals surface area contributed by atoms with Gasteiger partial charge in [0.1, 0.15) is 17.5 Å². The highest BCUT2D eigenvalue weighted by atomic mass is 35.5. The van der Waals surface area contributed by atoms with E-state index in [1.54, 1.807) is 30.5 Å². The zero-order chi connectivity index (χ0) is 22.5. The number of benzene rings is 2. The van der Waals surface area contributed by atoms with E-state index >= 15 is 0 Å². The summed E-state index contributed by atoms with van der Waals surface area (Å²) in [5.74, 6) is 0.655. The monoisotopic (exact) mass is 456 g/mol. The van der Waals surface area contributed by atoms with E-state index < -0.39 is 0 Å². The number of nitrogens with two attached hydrogens (primary N) is 1. The summed E-state index contributed by atoms with van der Waals surface area (Å²) in [6, 6.07) is 13.3. The Morgan fingerprint density at radius 2 is 1.84 bits per heavy atom. The maximum absolute atomic E-state index is 14.4. The zero-order valence-electron chi connectivity index (χ0n) is 17.8. The van der Waals surface area contributed by atoms with E-state index in [1.165, 1.54) is 18.2 Å². The van der Waals surface area contributed by atoms with E-state index in [2.05, 4.69) is 15.6 Å². The van der Waals surface area contributed by atoms with E-state index in [9.17, 15) is 8.78 Å². The Labute approximate surface area is 192 Å². The average molecular weight is 457 g/mol. The Morgan fingerprint density at radius 1 is 1.03 bits per heavy atom. The van der Waals surface area contributed by atoms with Crippen LogP contribution >= 0.6 is 11.6 Å². The van der Waals surface area contributed by atoms with Gasteiger partial charge in [-0.1, -0.05) is 29.8 Å². The fourth-order valence-corrected chi connectivity index (χ4v) is 4.38. The molecule has 0 spiro atoms. The van der Waals surface area contributed by atoms with Crippen LogP contribution in [-0.4, -0.2) is 17.6 Å². The molecule has 0 unspecified atom stereocenters. The molecule has 0 aliphatic heterocycles. The molecule has 2 aromatic carbocycles. The smallest absolute Gasteiger partial charge is 0.146 e. The summed E-state index contributed by atoms with van der Waals surface area (Å²) in [6.45, 7) is 1.05. The molecule has 1 aliphatic rings. The number of aromatic nitrogens is 1. The summed E-state index contributed by atoms with van der Waals surface area (Å²) in [4.78, 5) is 4.43. The minimum absolute atomic E-state index is 0.306. The van der Waals surface area contributed by atoms with Crippen molar-refractivity contribution in [2.24, 2.45) is 11.7 Å². The number of anilines is 2. The first-order chi connectivity index (χ1) is 15.5. The van der Waals surface area contributed by atoms with E-state index in [0.29, 0.717) is 29.2 Å². The molecule has 0 saturated heterocycles. The molecule has 1 aromatic heterocycles. The van der Waals surface area contributed by atoms with Crippen LogP contribution in [0.25, 0.3) is 11.1 Å². The summed E-state index contributed by atoms with van der Waals surface area (Å²) in [7, 11) is 0. The molecule has 0 atom stereocenters. The summed E-state index contributed by atoms with van der Waals surface area (Å²) in [6.07, 6.45) is 5.98. The fourth-order valence-electron chi connectivity index (χ4n) is 4.16. The SMILES string of the molecule is NCC1CCC(Nc2cc(-c3ccc(F)c(NCc4cccc(F)c4)c3)c(Cl)cn2)CC1. The molecule has 0 radical (unpaired) electrons. The van der Waals surface area contributed by atoms with Gasteiger partial charge in [0.2, 0.25) is 0 Å². The lowest BCUT2D eigenvalue weighted by Gasteiger charge is -2.28. The molecule has 1 heterocycles. The molecular formula is C25H27ClF2N4. The second-order valence-corrected chi connectivity index (χ2v) is 8.73. The Kier molecular flexibility index (Phi) is 7.22. The molecule has 1 aliphatic carbocycles. The summed E-state index contributed by atoms with van der Waals surface area (Å²) < 4.78 is 27.8. The number of pyridine rings is 1. The maximum Gasteiger partial charge on any atom is 0.146 e. The first-order valence-electron chi connectivity index (χ1n) is 10.9. The topological polar surface area (TPSA) is 63.0 Å². The molecule has 1 saturated carbocycles. The Hall–Kier alpha value is -2.70. The van der Waals surface area contributed by atoms with Crippen molar-refractivity contribution in [2.45, 2.75) is 38.3 Å². The highest BCUT2D eigenvalue weighted by Gasteiger charge is 2.20. The van der Waals surface area contributed by atoms with Gasteiger partial charge in [0, 0.05) is 24.3 Å². The largest absolute Gasteiger partial charge is 0.379 e. The quantitative estimate of drug-likeness (QED) is 0.395. The van der Waals surface area contributed by atoms with E-state index in [-0.39, 0.29) is 11.6 Å². The molecule has 4 nitrogen and oxygen atoms in total. The molecule has 7 heteroatoms. The third kappa shape index (κ3) is 5.56. The average Bonchev–Trinajstić information content (AvgIpc) is 2.80. The first kappa shape index (κ1) is 22.5. The van der Waals surface area contributed by atoms with Gasteiger partial charge >= 0.3 is 0 Å². The van der Waals surface area contributed by atoms with Crippen molar-refractivity contribution in [2.75, 3.05) is 17.2 Å². The number of hydrogen-bond donors (Lipinski definition) is 3. The summed E-state index contributed by atoms with van der Waals surface area (Å²) in [5.41, 5.74) is 8.39. The van der Waals surface area contributed by atoms with Gasteiger partial charge < -0.3 is 16.4 Å². The van der Waals surface area contributed by atoms with Crippen molar-refractivity contribution in [3.05, 3.63) is 76.9 Å². The number of hydrogen-bond acceptors (Lipinski definition) is 4. The molecule has 1 fully saturated rings. The van der Waals surface area contributed by atoms with Gasteiger partial charge in [-0.2, -0.15) is 0 Å². The van der Waals surface area contributed by atoms with Crippen molar-refractivity contribution in [1.29, 1.82) is 0 Å². The number of rotatable bonds is 7. The molecule has 0 amide bonds. The lowest BCUT2D eigenvalue weighted by Crippen LogP contribution is -2.29. The number of nitrogens with one attached hydrogen (secondary N) is 2. The van der Waals surface area contributed by atoms with Gasteiger partial charge in [0.05, 0.1) is 10.7 Å². The van der Waals surface area contributed by atoms with Crippen LogP contribution in [0.15, 0.2) is 54.7 Å². The molecule has 4 N–H and O–H groups in total. The van der Waals surface area contributed by atoms with E-state index in [0.717, 1.165) is 54.7 Å². The second kappa shape index (κ2) is 10.3. The van der Waals surface area contributed by atoms with Crippen LogP contribution in [0, 0.1) is 17.6 Å². The van der Waals surface area contributed by atoms with Crippen LogP contribution in [0.3, 0.4) is 0 Å². The van der Waals surface area contributed by atoms with Crippen molar-refractivity contribution < 1.29 is 8.78 Å². The van der Waals surface area contributed by atoms with Crippen LogP contribution in [0.4, 0.5) is 20.3 Å². The van der Waals surface area contributed by atoms with E-state index in [4.69, 9.17) is 17.3 Å². The zero-order valence-corrected chi connectivity index (χ0v) is 18.5. The van der Waals surface area contributed by atoms with Gasteiger partial charge in [-0.15, -0.1) is 0 Å². The standard InChI is InChI=1S/C25H27ClF2N4/c26-22-15-31-25(32-20-7-4-16(13-29)5-8-20)12-21(22)18-6-9-23(28)24(11-18)30-14-17-2-1-3-19(27)10-17/h1-3,6,9-12,15-16,20,30H,4-5,7-8,13-14,29H2,(H,31,32). The second-order valence-electron chi connectivity index (χ2n) is 8.33. The third-order valence-electron chi connectivity index (χ3n) is 6.04. The van der Waals surface area contributed by atoms with Crippen molar-refractivity contribution in [3.8, 4) is 11.1 Å². The molecule has 168 valence electrons. The van der Waals surface area contributed by atoms with Crippen LogP contribution < -0.4 is 16.4 Å². The van der Waals surface area contributed by atoms with Crippen molar-refractivity contribution in [1.82, 2.24) is 4.98 Å². The molecular weight excluding hydrogens is 430 g/mol. The minimum atomic E-state index is -0.384. The molecule has 0 bridgehead atoms. The van der Waals surface area contributed by atoms with Crippen LogP contribution in [0.1, 0.15) is 31.2 Å². The third-order valence-corrected chi connectivity index (χ3v) is 6.34. The van der Waals surface area contributed by atoms with Crippen LogP contribution in [-0.2, 0) is 6.54 Å². The van der Waals surface area contributed by atoms with Gasteiger partial charge in [-0.3, -0.25) is 0 Å². The van der Waals surface area contributed by atoms with Crippen molar-refractivity contribution in [3.63, 3.8) is 0 Å². The lowest BCUT2D eigenvalue weighted by molar-refractivity contribution is 0.344. The molecule has 3 aromatic rings. The lowest BCUT2D eigenvalue weighted by atomic mass is 9.86. The van der Waals surface area contributed by atoms with E-state index in [1.807, 2.05) is 6.07 Å². The van der Waals surface area contributed by atoms with Crippen LogP contribution in [0.2, 0.25) is 5.02 Å². The van der Waals surface area contributed by atoms with Gasteiger partial charge in [-0.05, 0) is 79.6 Å². The van der Waals surface area contributed by atoms with Gasteiger partial charge in [0.15, 0.2) is 0 Å². The first-order valence-corrected chi connectivity index (χ1v) is 11.3. The molecule has 4 rings (SSSR count). The van der Waals surface area contributed by atoms with Gasteiger partial charge in [0.25, 0.3) is 0 Å². The number of halogens is 3. The fraction of sp³-hybridized carbons (Fsp3) is 0.320. The highest BCUT2D eigenvalue weighted by Crippen LogP contribution is 2.33. The Bertz CT molecular complexity index is 1070. The van der Waals surface area contributed by atoms with Gasteiger partial charge in [-0.25, -0.2) is 13.8 Å².